The average molecular weight is 352 g/mol. The molecule has 0 unspecified atom stereocenters. The smallest absolute Gasteiger partial charge is 0.341 e. The highest BCUT2D eigenvalue weighted by atomic mass is 32.2. The van der Waals surface area contributed by atoms with Crippen LogP contribution in [0.4, 0.5) is 8.78 Å². The molecule has 0 aliphatic carbocycles. The van der Waals surface area contributed by atoms with Crippen molar-refractivity contribution in [1.82, 2.24) is 9.78 Å². The van der Waals surface area contributed by atoms with Gasteiger partial charge in [-0.2, -0.15) is 16.9 Å². The largest absolute Gasteiger partial charge is 0.465 e. The Labute approximate surface area is 143 Å². The molecule has 3 rings (SSSR count). The molecule has 0 N–H and O–H groups in total. The summed E-state index contributed by atoms with van der Waals surface area (Å²) in [4.78, 5) is 12.1. The molecule has 2 heterocycles. The average Bonchev–Trinajstić information content (AvgIpc) is 2.95. The summed E-state index contributed by atoms with van der Waals surface area (Å²) in [5, 5.41) is 4.50. The molecule has 1 aromatic heterocycles. The summed E-state index contributed by atoms with van der Waals surface area (Å²) in [5.74, 6) is -0.926. The number of halogens is 2. The highest BCUT2D eigenvalue weighted by molar-refractivity contribution is 7.97. The molecule has 1 aromatic carbocycles. The maximum atomic E-state index is 13.7. The van der Waals surface area contributed by atoms with E-state index in [1.165, 1.54) is 37.1 Å². The fourth-order valence-corrected chi connectivity index (χ4v) is 3.88. The highest BCUT2D eigenvalue weighted by Crippen LogP contribution is 2.27. The number of rotatable bonds is 5. The van der Waals surface area contributed by atoms with E-state index in [0.717, 1.165) is 31.5 Å². The Kier molecular flexibility index (Phi) is 5.18. The van der Waals surface area contributed by atoms with E-state index < -0.39 is 17.6 Å². The van der Waals surface area contributed by atoms with Crippen molar-refractivity contribution in [3.8, 4) is 0 Å². The maximum absolute atomic E-state index is 13.7. The van der Waals surface area contributed by atoms with Crippen molar-refractivity contribution in [2.75, 3.05) is 7.11 Å². The molecular formula is C17H18F2N2O2S. The summed E-state index contributed by atoms with van der Waals surface area (Å²) in [6.07, 6.45) is 2.84. The van der Waals surface area contributed by atoms with E-state index >= 15 is 0 Å². The van der Waals surface area contributed by atoms with Crippen LogP contribution in [-0.4, -0.2) is 22.9 Å². The van der Waals surface area contributed by atoms with Crippen LogP contribution in [0.2, 0.25) is 0 Å². The van der Waals surface area contributed by atoms with Crippen LogP contribution in [0.15, 0.2) is 18.2 Å². The van der Waals surface area contributed by atoms with Crippen molar-refractivity contribution in [2.45, 2.75) is 37.3 Å². The second-order valence-corrected chi connectivity index (χ2v) is 6.62. The molecule has 128 valence electrons. The predicted octanol–water partition coefficient (Wildman–Crippen LogP) is 3.72. The monoisotopic (exact) mass is 352 g/mol. The molecule has 1 aliphatic rings. The van der Waals surface area contributed by atoms with Gasteiger partial charge in [0.25, 0.3) is 0 Å². The first-order valence-electron chi connectivity index (χ1n) is 7.79. The SMILES string of the molecule is COC(=O)c1c(CSCc2c(F)cccc2F)nn2c1CCCC2. The molecule has 4 nitrogen and oxygen atoms in total. The number of thioether (sulfide) groups is 1. The lowest BCUT2D eigenvalue weighted by molar-refractivity contribution is 0.0598. The van der Waals surface area contributed by atoms with Crippen LogP contribution in [0.3, 0.4) is 0 Å². The van der Waals surface area contributed by atoms with Crippen LogP contribution >= 0.6 is 11.8 Å². The normalized spacial score (nSPS) is 13.6. The summed E-state index contributed by atoms with van der Waals surface area (Å²) >= 11 is 1.33. The van der Waals surface area contributed by atoms with Crippen molar-refractivity contribution in [3.63, 3.8) is 0 Å². The number of aromatic nitrogens is 2. The van der Waals surface area contributed by atoms with Gasteiger partial charge in [0.05, 0.1) is 18.5 Å². The van der Waals surface area contributed by atoms with Crippen LogP contribution in [-0.2, 0) is 29.2 Å². The van der Waals surface area contributed by atoms with E-state index in [0.29, 0.717) is 17.0 Å². The number of hydrogen-bond donors (Lipinski definition) is 0. The van der Waals surface area contributed by atoms with Crippen LogP contribution in [0.5, 0.6) is 0 Å². The molecule has 0 atom stereocenters. The second-order valence-electron chi connectivity index (χ2n) is 5.63. The zero-order valence-electron chi connectivity index (χ0n) is 13.3. The first-order valence-corrected chi connectivity index (χ1v) is 8.94. The molecule has 0 fully saturated rings. The summed E-state index contributed by atoms with van der Waals surface area (Å²) in [7, 11) is 1.35. The van der Waals surface area contributed by atoms with E-state index in [9.17, 15) is 13.6 Å². The van der Waals surface area contributed by atoms with Crippen molar-refractivity contribution in [3.05, 3.63) is 52.3 Å². The van der Waals surface area contributed by atoms with E-state index in [-0.39, 0.29) is 11.3 Å². The van der Waals surface area contributed by atoms with Gasteiger partial charge in [-0.25, -0.2) is 13.6 Å². The first kappa shape index (κ1) is 17.0. The van der Waals surface area contributed by atoms with Crippen LogP contribution in [0.25, 0.3) is 0 Å². The van der Waals surface area contributed by atoms with Crippen LogP contribution < -0.4 is 0 Å². The molecule has 7 heteroatoms. The van der Waals surface area contributed by atoms with Gasteiger partial charge in [-0.3, -0.25) is 4.68 Å². The Morgan fingerprint density at radius 2 is 2.04 bits per heavy atom. The van der Waals surface area contributed by atoms with Gasteiger partial charge in [-0.15, -0.1) is 0 Å². The van der Waals surface area contributed by atoms with Crippen molar-refractivity contribution < 1.29 is 18.3 Å². The molecule has 2 aromatic rings. The van der Waals surface area contributed by atoms with Gasteiger partial charge in [0.1, 0.15) is 17.2 Å². The Hall–Kier alpha value is -1.89. The summed E-state index contributed by atoms with van der Waals surface area (Å²) in [6.45, 7) is 0.784. The zero-order chi connectivity index (χ0) is 17.1. The quantitative estimate of drug-likeness (QED) is 0.770. The number of methoxy groups -OCH3 is 1. The number of esters is 1. The molecule has 0 bridgehead atoms. The van der Waals surface area contributed by atoms with Crippen molar-refractivity contribution >= 4 is 17.7 Å². The standard InChI is InChI=1S/C17H18F2N2O2S/c1-23-17(22)16-14(20-21-8-3-2-7-15(16)21)10-24-9-11-12(18)5-4-6-13(11)19/h4-6H,2-3,7-10H2,1H3. The molecule has 0 saturated carbocycles. The van der Waals surface area contributed by atoms with Crippen LogP contribution in [0, 0.1) is 11.6 Å². The molecule has 24 heavy (non-hydrogen) atoms. The van der Waals surface area contributed by atoms with E-state index in [2.05, 4.69) is 5.10 Å². The molecule has 1 aliphatic heterocycles. The number of ether oxygens (including phenoxy) is 1. The Balaban J connectivity index is 1.78. The number of fused-ring (bicyclic) bond motifs is 1. The van der Waals surface area contributed by atoms with Gasteiger partial charge in [-0.1, -0.05) is 6.07 Å². The predicted molar refractivity (Wildman–Crippen MR) is 87.9 cm³/mol. The third kappa shape index (κ3) is 3.31. The van der Waals surface area contributed by atoms with Gasteiger partial charge in [-0.05, 0) is 31.4 Å². The lowest BCUT2D eigenvalue weighted by Crippen LogP contribution is -2.14. The first-order chi connectivity index (χ1) is 11.6. The number of hydrogen-bond acceptors (Lipinski definition) is 4. The minimum absolute atomic E-state index is 0.0473. The van der Waals surface area contributed by atoms with Gasteiger partial charge in [0.15, 0.2) is 0 Å². The number of nitrogens with zero attached hydrogens (tertiary/aromatic N) is 2. The minimum atomic E-state index is -0.556. The molecule has 0 radical (unpaired) electrons. The van der Waals surface area contributed by atoms with Crippen molar-refractivity contribution in [2.24, 2.45) is 0 Å². The van der Waals surface area contributed by atoms with E-state index in [1.807, 2.05) is 4.68 Å². The lowest BCUT2D eigenvalue weighted by atomic mass is 10.1. The lowest BCUT2D eigenvalue weighted by Gasteiger charge is -2.13. The number of aryl methyl sites for hydroxylation is 1. The molecule has 0 spiro atoms. The van der Waals surface area contributed by atoms with Gasteiger partial charge < -0.3 is 4.74 Å². The summed E-state index contributed by atoms with van der Waals surface area (Å²) in [6, 6.07) is 3.83. The zero-order valence-corrected chi connectivity index (χ0v) is 14.2. The van der Waals surface area contributed by atoms with Crippen molar-refractivity contribution in [1.29, 1.82) is 0 Å². The Morgan fingerprint density at radius 3 is 2.75 bits per heavy atom. The number of benzene rings is 1. The maximum Gasteiger partial charge on any atom is 0.341 e. The third-order valence-electron chi connectivity index (χ3n) is 4.10. The molecule has 0 amide bonds. The van der Waals surface area contributed by atoms with Crippen LogP contribution in [0.1, 0.15) is 40.2 Å². The van der Waals surface area contributed by atoms with E-state index in [4.69, 9.17) is 4.74 Å². The van der Waals surface area contributed by atoms with Gasteiger partial charge in [0.2, 0.25) is 0 Å². The van der Waals surface area contributed by atoms with Gasteiger partial charge >= 0.3 is 5.97 Å². The molecule has 0 saturated heterocycles. The number of carbonyl (C=O) groups excluding carboxylic acids is 1. The molecular weight excluding hydrogens is 334 g/mol. The second kappa shape index (κ2) is 7.34. The van der Waals surface area contributed by atoms with Gasteiger partial charge in [0, 0.05) is 23.6 Å². The van der Waals surface area contributed by atoms with E-state index in [1.54, 1.807) is 0 Å². The fourth-order valence-electron chi connectivity index (χ4n) is 2.90. The summed E-state index contributed by atoms with van der Waals surface area (Å²) in [5.41, 5.74) is 2.09. The summed E-state index contributed by atoms with van der Waals surface area (Å²) < 4.78 is 34.1. The third-order valence-corrected chi connectivity index (χ3v) is 5.07. The number of carbonyl (C=O) groups is 1. The fraction of sp³-hybridized carbons (Fsp3) is 0.412. The highest BCUT2D eigenvalue weighted by Gasteiger charge is 2.25. The Bertz CT molecular complexity index is 741. The Morgan fingerprint density at radius 1 is 1.29 bits per heavy atom. The minimum Gasteiger partial charge on any atom is -0.465 e. The topological polar surface area (TPSA) is 44.1 Å².